The van der Waals surface area contributed by atoms with Gasteiger partial charge in [0.1, 0.15) is 11.0 Å². The number of benzene rings is 2. The highest BCUT2D eigenvalue weighted by Crippen LogP contribution is 2.16. The first-order valence-corrected chi connectivity index (χ1v) is 5.90. The number of carbonyl (C=O) groups excluding carboxylic acids is 1. The fourth-order valence-corrected chi connectivity index (χ4v) is 1.89. The van der Waals surface area contributed by atoms with E-state index >= 15 is 0 Å². The monoisotopic (exact) mass is 252 g/mol. The second-order valence-electron chi connectivity index (χ2n) is 4.21. The van der Waals surface area contributed by atoms with Crippen LogP contribution >= 0.6 is 0 Å². The molecule has 1 aromatic heterocycles. The number of hydrogen-bond donors (Lipinski definition) is 1. The van der Waals surface area contributed by atoms with E-state index in [2.05, 4.69) is 15.5 Å². The van der Waals surface area contributed by atoms with E-state index in [1.807, 2.05) is 36.4 Å². The fourth-order valence-electron chi connectivity index (χ4n) is 1.89. The van der Waals surface area contributed by atoms with Crippen molar-refractivity contribution in [1.82, 2.24) is 15.0 Å². The number of anilines is 1. The minimum Gasteiger partial charge on any atom is -0.322 e. The Balaban J connectivity index is 1.87. The summed E-state index contributed by atoms with van der Waals surface area (Å²) in [5, 5.41) is 11.2. The third kappa shape index (κ3) is 2.30. The molecule has 5 nitrogen and oxygen atoms in total. The maximum atomic E-state index is 12.0. The standard InChI is InChI=1S/C14H12N4O/c1-18-16-12-8-7-11(9-13(12)17-18)15-14(19)10-5-3-2-4-6-10/h2-9H,1H3,(H,15,19). The SMILES string of the molecule is Cn1nc2ccc(NC(=O)c3ccccc3)cc2n1. The number of hydrogen-bond acceptors (Lipinski definition) is 3. The van der Waals surface area contributed by atoms with E-state index in [0.29, 0.717) is 11.3 Å². The number of aryl methyl sites for hydroxylation is 1. The molecule has 0 aliphatic rings. The lowest BCUT2D eigenvalue weighted by Crippen LogP contribution is -2.11. The summed E-state index contributed by atoms with van der Waals surface area (Å²) in [5.41, 5.74) is 2.90. The molecule has 0 unspecified atom stereocenters. The van der Waals surface area contributed by atoms with Gasteiger partial charge in [-0.3, -0.25) is 4.79 Å². The van der Waals surface area contributed by atoms with Crippen LogP contribution in [0, 0.1) is 0 Å². The molecule has 94 valence electrons. The van der Waals surface area contributed by atoms with Crippen LogP contribution in [0.25, 0.3) is 11.0 Å². The molecule has 1 heterocycles. The molecule has 2 aromatic carbocycles. The Labute approximate surface area is 109 Å². The van der Waals surface area contributed by atoms with E-state index in [1.165, 1.54) is 4.80 Å². The quantitative estimate of drug-likeness (QED) is 0.760. The lowest BCUT2D eigenvalue weighted by molar-refractivity contribution is 0.102. The third-order valence-corrected chi connectivity index (χ3v) is 2.77. The summed E-state index contributed by atoms with van der Waals surface area (Å²) < 4.78 is 0. The van der Waals surface area contributed by atoms with Gasteiger partial charge in [-0.2, -0.15) is 15.0 Å². The highest BCUT2D eigenvalue weighted by atomic mass is 16.1. The van der Waals surface area contributed by atoms with Gasteiger partial charge in [-0.25, -0.2) is 0 Å². The van der Waals surface area contributed by atoms with E-state index in [9.17, 15) is 4.79 Å². The molecule has 0 saturated carbocycles. The van der Waals surface area contributed by atoms with Gasteiger partial charge in [0.25, 0.3) is 5.91 Å². The van der Waals surface area contributed by atoms with Crippen LogP contribution in [0.4, 0.5) is 5.69 Å². The Morgan fingerprint density at radius 3 is 2.58 bits per heavy atom. The van der Waals surface area contributed by atoms with Gasteiger partial charge in [0.2, 0.25) is 0 Å². The van der Waals surface area contributed by atoms with E-state index in [1.54, 1.807) is 19.2 Å². The van der Waals surface area contributed by atoms with Gasteiger partial charge in [-0.1, -0.05) is 18.2 Å². The van der Waals surface area contributed by atoms with E-state index in [-0.39, 0.29) is 5.91 Å². The Kier molecular flexibility index (Phi) is 2.72. The maximum Gasteiger partial charge on any atom is 0.255 e. The first-order chi connectivity index (χ1) is 9.22. The van der Waals surface area contributed by atoms with Crippen molar-refractivity contribution >= 4 is 22.6 Å². The molecule has 1 N–H and O–H groups in total. The van der Waals surface area contributed by atoms with Crippen molar-refractivity contribution in [1.29, 1.82) is 0 Å². The van der Waals surface area contributed by atoms with Crippen LogP contribution < -0.4 is 5.32 Å². The average molecular weight is 252 g/mol. The summed E-state index contributed by atoms with van der Waals surface area (Å²) in [6, 6.07) is 14.6. The summed E-state index contributed by atoms with van der Waals surface area (Å²) in [7, 11) is 1.77. The van der Waals surface area contributed by atoms with Crippen LogP contribution in [0.3, 0.4) is 0 Å². The topological polar surface area (TPSA) is 59.8 Å². The van der Waals surface area contributed by atoms with Gasteiger partial charge < -0.3 is 5.32 Å². The molecule has 0 bridgehead atoms. The Hall–Kier alpha value is -2.69. The highest BCUT2D eigenvalue weighted by Gasteiger charge is 2.07. The average Bonchev–Trinajstić information content (AvgIpc) is 2.79. The first kappa shape index (κ1) is 11.4. The summed E-state index contributed by atoms with van der Waals surface area (Å²) in [5.74, 6) is -0.135. The predicted molar refractivity (Wildman–Crippen MR) is 72.9 cm³/mol. The van der Waals surface area contributed by atoms with Gasteiger partial charge in [0.15, 0.2) is 0 Å². The van der Waals surface area contributed by atoms with Crippen LogP contribution in [0.1, 0.15) is 10.4 Å². The largest absolute Gasteiger partial charge is 0.322 e. The fraction of sp³-hybridized carbons (Fsp3) is 0.0714. The Morgan fingerprint density at radius 2 is 1.79 bits per heavy atom. The molecule has 3 aromatic rings. The van der Waals surface area contributed by atoms with Crippen LogP contribution in [0.5, 0.6) is 0 Å². The van der Waals surface area contributed by atoms with Crippen molar-refractivity contribution < 1.29 is 4.79 Å². The van der Waals surface area contributed by atoms with Crippen molar-refractivity contribution in [3.8, 4) is 0 Å². The summed E-state index contributed by atoms with van der Waals surface area (Å²) >= 11 is 0. The molecule has 19 heavy (non-hydrogen) atoms. The normalized spacial score (nSPS) is 10.6. The Bertz CT molecular complexity index is 734. The lowest BCUT2D eigenvalue weighted by atomic mass is 10.2. The molecule has 1 amide bonds. The van der Waals surface area contributed by atoms with Crippen molar-refractivity contribution in [2.75, 3.05) is 5.32 Å². The lowest BCUT2D eigenvalue weighted by Gasteiger charge is -2.04. The molecule has 0 saturated heterocycles. The molecular formula is C14H12N4O. The smallest absolute Gasteiger partial charge is 0.255 e. The van der Waals surface area contributed by atoms with E-state index in [0.717, 1.165) is 11.0 Å². The molecule has 0 spiro atoms. The second-order valence-corrected chi connectivity index (χ2v) is 4.21. The molecule has 0 aliphatic heterocycles. The number of nitrogens with zero attached hydrogens (tertiary/aromatic N) is 3. The molecule has 0 aliphatic carbocycles. The number of fused-ring (bicyclic) bond motifs is 1. The summed E-state index contributed by atoms with van der Waals surface area (Å²) in [4.78, 5) is 13.5. The first-order valence-electron chi connectivity index (χ1n) is 5.90. The molecule has 5 heteroatoms. The molecule has 0 fully saturated rings. The van der Waals surface area contributed by atoms with Gasteiger partial charge >= 0.3 is 0 Å². The minimum absolute atomic E-state index is 0.135. The van der Waals surface area contributed by atoms with Gasteiger partial charge in [-0.15, -0.1) is 0 Å². The van der Waals surface area contributed by atoms with Gasteiger partial charge in [-0.05, 0) is 30.3 Å². The zero-order valence-electron chi connectivity index (χ0n) is 10.4. The Morgan fingerprint density at radius 1 is 1.05 bits per heavy atom. The van der Waals surface area contributed by atoms with Gasteiger partial charge in [0, 0.05) is 18.3 Å². The minimum atomic E-state index is -0.135. The molecule has 3 rings (SSSR count). The van der Waals surface area contributed by atoms with E-state index < -0.39 is 0 Å². The zero-order valence-corrected chi connectivity index (χ0v) is 10.4. The number of amides is 1. The van der Waals surface area contributed by atoms with Crippen molar-refractivity contribution in [2.24, 2.45) is 7.05 Å². The van der Waals surface area contributed by atoms with Crippen molar-refractivity contribution in [3.63, 3.8) is 0 Å². The highest BCUT2D eigenvalue weighted by molar-refractivity contribution is 6.04. The molecule has 0 radical (unpaired) electrons. The summed E-state index contributed by atoms with van der Waals surface area (Å²) in [6.07, 6.45) is 0. The van der Waals surface area contributed by atoms with Crippen LogP contribution in [0.15, 0.2) is 48.5 Å². The molecular weight excluding hydrogens is 240 g/mol. The molecule has 0 atom stereocenters. The maximum absolute atomic E-state index is 12.0. The number of aromatic nitrogens is 3. The third-order valence-electron chi connectivity index (χ3n) is 2.77. The number of nitrogens with one attached hydrogen (secondary N) is 1. The van der Waals surface area contributed by atoms with Gasteiger partial charge in [0.05, 0.1) is 0 Å². The van der Waals surface area contributed by atoms with Crippen molar-refractivity contribution in [2.45, 2.75) is 0 Å². The van der Waals surface area contributed by atoms with E-state index in [4.69, 9.17) is 0 Å². The number of rotatable bonds is 2. The van der Waals surface area contributed by atoms with Crippen molar-refractivity contribution in [3.05, 3.63) is 54.1 Å². The van der Waals surface area contributed by atoms with Crippen LogP contribution in [-0.4, -0.2) is 20.9 Å². The van der Waals surface area contributed by atoms with Crippen LogP contribution in [0.2, 0.25) is 0 Å². The van der Waals surface area contributed by atoms with Crippen LogP contribution in [-0.2, 0) is 7.05 Å². The zero-order chi connectivity index (χ0) is 13.2. The number of carbonyl (C=O) groups is 1. The predicted octanol–water partition coefficient (Wildman–Crippen LogP) is 2.22. The second kappa shape index (κ2) is 4.53. The summed E-state index contributed by atoms with van der Waals surface area (Å²) in [6.45, 7) is 0.